The lowest BCUT2D eigenvalue weighted by molar-refractivity contribution is -0.123. The molecule has 0 bridgehead atoms. The van der Waals surface area contributed by atoms with Crippen molar-refractivity contribution in [3.05, 3.63) is 0 Å². The van der Waals surface area contributed by atoms with Gasteiger partial charge in [-0.25, -0.2) is 0 Å². The lowest BCUT2D eigenvalue weighted by Gasteiger charge is -2.37. The molecule has 0 aromatic carbocycles. The third kappa shape index (κ3) is 7.49. The van der Waals surface area contributed by atoms with Crippen LogP contribution in [0.4, 0.5) is 0 Å². The van der Waals surface area contributed by atoms with E-state index in [-0.39, 0.29) is 11.8 Å². The zero-order valence-corrected chi connectivity index (χ0v) is 15.9. The molecule has 1 unspecified atom stereocenters. The van der Waals surface area contributed by atoms with Crippen molar-refractivity contribution >= 4 is 11.9 Å². The van der Waals surface area contributed by atoms with E-state index in [0.29, 0.717) is 25.0 Å². The van der Waals surface area contributed by atoms with Gasteiger partial charge in [-0.3, -0.25) is 14.7 Å². The van der Waals surface area contributed by atoms with Crippen molar-refractivity contribution in [1.82, 2.24) is 20.9 Å². The first-order chi connectivity index (χ1) is 11.5. The SMILES string of the molecule is CN=C(NCCNC(=O)C(C)C)NCC(C(C)C)N1CCOCC1. The molecule has 0 spiro atoms. The highest BCUT2D eigenvalue weighted by Gasteiger charge is 2.23. The predicted octanol–water partition coefficient (Wildman–Crippen LogP) is 0.280. The van der Waals surface area contributed by atoms with Crippen LogP contribution in [0.3, 0.4) is 0 Å². The minimum absolute atomic E-state index is 0.0164. The zero-order chi connectivity index (χ0) is 17.9. The van der Waals surface area contributed by atoms with Crippen molar-refractivity contribution in [2.75, 3.05) is 53.0 Å². The molecule has 0 radical (unpaired) electrons. The second-order valence-electron chi connectivity index (χ2n) is 6.79. The number of hydrogen-bond donors (Lipinski definition) is 3. The molecule has 0 aromatic rings. The topological polar surface area (TPSA) is 78.0 Å². The minimum atomic E-state index is 0.0164. The Morgan fingerprint density at radius 2 is 1.71 bits per heavy atom. The molecule has 7 heteroatoms. The summed E-state index contributed by atoms with van der Waals surface area (Å²) in [5, 5.41) is 9.53. The summed E-state index contributed by atoms with van der Waals surface area (Å²) < 4.78 is 5.45. The van der Waals surface area contributed by atoms with Gasteiger partial charge in [0.1, 0.15) is 0 Å². The molecule has 1 saturated heterocycles. The highest BCUT2D eigenvalue weighted by atomic mass is 16.5. The van der Waals surface area contributed by atoms with Crippen molar-refractivity contribution in [3.8, 4) is 0 Å². The predicted molar refractivity (Wildman–Crippen MR) is 98.2 cm³/mol. The van der Waals surface area contributed by atoms with Crippen LogP contribution in [0.5, 0.6) is 0 Å². The van der Waals surface area contributed by atoms with Crippen molar-refractivity contribution < 1.29 is 9.53 Å². The first kappa shape index (κ1) is 20.7. The summed E-state index contributed by atoms with van der Waals surface area (Å²) in [6.45, 7) is 14.0. The van der Waals surface area contributed by atoms with Gasteiger partial charge in [0, 0.05) is 51.7 Å². The Kier molecular flexibility index (Phi) is 9.71. The number of rotatable bonds is 8. The van der Waals surface area contributed by atoms with E-state index in [9.17, 15) is 4.79 Å². The van der Waals surface area contributed by atoms with Gasteiger partial charge in [-0.2, -0.15) is 0 Å². The van der Waals surface area contributed by atoms with Crippen LogP contribution < -0.4 is 16.0 Å². The molecule has 3 N–H and O–H groups in total. The number of nitrogens with zero attached hydrogens (tertiary/aromatic N) is 2. The standard InChI is InChI=1S/C17H35N5O2/c1-13(2)15(22-8-10-24-11-9-22)12-21-17(18-5)20-7-6-19-16(23)14(3)4/h13-15H,6-12H2,1-5H3,(H,19,23)(H2,18,20,21). The number of nitrogens with one attached hydrogen (secondary N) is 3. The van der Waals surface area contributed by atoms with Crippen LogP contribution in [0.1, 0.15) is 27.7 Å². The molecule has 140 valence electrons. The van der Waals surface area contributed by atoms with Gasteiger partial charge in [0.15, 0.2) is 5.96 Å². The Hall–Kier alpha value is -1.34. The molecule has 0 aliphatic carbocycles. The third-order valence-electron chi connectivity index (χ3n) is 4.23. The van der Waals surface area contributed by atoms with Gasteiger partial charge < -0.3 is 20.7 Å². The maximum absolute atomic E-state index is 11.5. The Morgan fingerprint density at radius 1 is 1.08 bits per heavy atom. The number of aliphatic imine (C=N–C) groups is 1. The van der Waals surface area contributed by atoms with Crippen LogP contribution in [-0.4, -0.2) is 75.8 Å². The first-order valence-corrected chi connectivity index (χ1v) is 8.99. The number of hydrogen-bond acceptors (Lipinski definition) is 4. The fourth-order valence-corrected chi connectivity index (χ4v) is 2.69. The molecule has 1 amide bonds. The van der Waals surface area contributed by atoms with E-state index in [1.807, 2.05) is 13.8 Å². The van der Waals surface area contributed by atoms with E-state index in [1.54, 1.807) is 7.05 Å². The molecule has 1 aliphatic rings. The molecule has 24 heavy (non-hydrogen) atoms. The van der Waals surface area contributed by atoms with Gasteiger partial charge in [0.2, 0.25) is 5.91 Å². The molecule has 1 rings (SSSR count). The molecule has 1 heterocycles. The normalized spacial score (nSPS) is 17.9. The molecule has 1 aliphatic heterocycles. The molecule has 0 aromatic heterocycles. The number of amides is 1. The fraction of sp³-hybridized carbons (Fsp3) is 0.882. The number of carbonyl (C=O) groups excluding carboxylic acids is 1. The smallest absolute Gasteiger partial charge is 0.222 e. The maximum atomic E-state index is 11.5. The second-order valence-corrected chi connectivity index (χ2v) is 6.79. The first-order valence-electron chi connectivity index (χ1n) is 8.99. The summed E-state index contributed by atoms with van der Waals surface area (Å²) in [6.07, 6.45) is 0. The van der Waals surface area contributed by atoms with Crippen LogP contribution in [-0.2, 0) is 9.53 Å². The summed E-state index contributed by atoms with van der Waals surface area (Å²) >= 11 is 0. The van der Waals surface area contributed by atoms with Crippen molar-refractivity contribution in [3.63, 3.8) is 0 Å². The quantitative estimate of drug-likeness (QED) is 0.336. The van der Waals surface area contributed by atoms with Gasteiger partial charge in [0.25, 0.3) is 0 Å². The Balaban J connectivity index is 2.34. The van der Waals surface area contributed by atoms with E-state index < -0.39 is 0 Å². The van der Waals surface area contributed by atoms with Crippen LogP contribution in [0.25, 0.3) is 0 Å². The van der Waals surface area contributed by atoms with Crippen LogP contribution in [0, 0.1) is 11.8 Å². The molecule has 1 fully saturated rings. The highest BCUT2D eigenvalue weighted by molar-refractivity contribution is 5.80. The monoisotopic (exact) mass is 341 g/mol. The molecular weight excluding hydrogens is 306 g/mol. The highest BCUT2D eigenvalue weighted by Crippen LogP contribution is 2.12. The summed E-state index contributed by atoms with van der Waals surface area (Å²) in [7, 11) is 1.77. The lowest BCUT2D eigenvalue weighted by Crippen LogP contribution is -2.53. The minimum Gasteiger partial charge on any atom is -0.379 e. The Labute approximate surface area is 146 Å². The summed E-state index contributed by atoms with van der Waals surface area (Å²) in [5.41, 5.74) is 0. The average Bonchev–Trinajstić information content (AvgIpc) is 2.57. The fourth-order valence-electron chi connectivity index (χ4n) is 2.69. The maximum Gasteiger partial charge on any atom is 0.222 e. The molecular formula is C17H35N5O2. The van der Waals surface area contributed by atoms with Crippen molar-refractivity contribution in [2.45, 2.75) is 33.7 Å². The molecule has 0 saturated carbocycles. The zero-order valence-electron chi connectivity index (χ0n) is 15.9. The third-order valence-corrected chi connectivity index (χ3v) is 4.23. The van der Waals surface area contributed by atoms with E-state index in [4.69, 9.17) is 4.74 Å². The van der Waals surface area contributed by atoms with E-state index in [0.717, 1.165) is 38.8 Å². The number of ether oxygens (including phenoxy) is 1. The van der Waals surface area contributed by atoms with Crippen LogP contribution >= 0.6 is 0 Å². The van der Waals surface area contributed by atoms with Gasteiger partial charge in [-0.15, -0.1) is 0 Å². The summed E-state index contributed by atoms with van der Waals surface area (Å²) in [6, 6.07) is 0.452. The Bertz CT molecular complexity index is 392. The number of morpholine rings is 1. The van der Waals surface area contributed by atoms with Crippen molar-refractivity contribution in [1.29, 1.82) is 0 Å². The van der Waals surface area contributed by atoms with Gasteiger partial charge >= 0.3 is 0 Å². The summed E-state index contributed by atoms with van der Waals surface area (Å²) in [5.74, 6) is 1.42. The lowest BCUT2D eigenvalue weighted by atomic mass is 10.0. The summed E-state index contributed by atoms with van der Waals surface area (Å²) in [4.78, 5) is 18.3. The average molecular weight is 342 g/mol. The largest absolute Gasteiger partial charge is 0.379 e. The van der Waals surface area contributed by atoms with E-state index >= 15 is 0 Å². The van der Waals surface area contributed by atoms with E-state index in [1.165, 1.54) is 0 Å². The van der Waals surface area contributed by atoms with E-state index in [2.05, 4.69) is 39.7 Å². The number of carbonyl (C=O) groups is 1. The number of guanidine groups is 1. The van der Waals surface area contributed by atoms with Crippen LogP contribution in [0.2, 0.25) is 0 Å². The van der Waals surface area contributed by atoms with Crippen LogP contribution in [0.15, 0.2) is 4.99 Å². The van der Waals surface area contributed by atoms with Gasteiger partial charge in [-0.1, -0.05) is 27.7 Å². The van der Waals surface area contributed by atoms with Crippen molar-refractivity contribution in [2.24, 2.45) is 16.8 Å². The van der Waals surface area contributed by atoms with Gasteiger partial charge in [-0.05, 0) is 5.92 Å². The van der Waals surface area contributed by atoms with Gasteiger partial charge in [0.05, 0.1) is 13.2 Å². The molecule has 1 atom stereocenters. The molecule has 7 nitrogen and oxygen atoms in total. The Morgan fingerprint density at radius 3 is 2.25 bits per heavy atom. The second kappa shape index (κ2) is 11.3.